The second-order valence-corrected chi connectivity index (χ2v) is 14.1. The number of hydrogen-bond acceptors (Lipinski definition) is 6. The predicted octanol–water partition coefficient (Wildman–Crippen LogP) is -0.00615. The van der Waals surface area contributed by atoms with E-state index in [1.54, 1.807) is 38.5 Å². The van der Waals surface area contributed by atoms with Gasteiger partial charge in [-0.15, -0.1) is 0 Å². The lowest BCUT2D eigenvalue weighted by Gasteiger charge is -2.21. The van der Waals surface area contributed by atoms with Crippen molar-refractivity contribution >= 4 is 30.1 Å². The van der Waals surface area contributed by atoms with Crippen molar-refractivity contribution in [2.75, 3.05) is 39.3 Å². The second-order valence-electron chi connectivity index (χ2n) is 8.24. The van der Waals surface area contributed by atoms with Crippen LogP contribution in [0.5, 0.6) is 0 Å². The third-order valence-electron chi connectivity index (χ3n) is 5.72. The molecule has 0 bridgehead atoms. The Labute approximate surface area is 235 Å². The maximum absolute atomic E-state index is 13.2. The summed E-state index contributed by atoms with van der Waals surface area (Å²) in [5.74, 6) is 16.4. The molecule has 0 amide bonds. The minimum atomic E-state index is -3.95. The van der Waals surface area contributed by atoms with Gasteiger partial charge in [0.25, 0.3) is 0 Å². The highest BCUT2D eigenvalue weighted by Gasteiger charge is 2.37. The van der Waals surface area contributed by atoms with Gasteiger partial charge < -0.3 is 0 Å². The first-order chi connectivity index (χ1) is 18.6. The van der Waals surface area contributed by atoms with Crippen LogP contribution in [0.1, 0.15) is 0 Å². The van der Waals surface area contributed by atoms with Crippen LogP contribution in [-0.2, 0) is 30.1 Å². The Balaban J connectivity index is 1.63. The standard InChI is InChI=1S/C27H24N3O6S3/c31-37(32,25-13-1-2-14-25)28-19-7-9-21-29(38(33,34)26-15-3-4-16-26)23-11-12-24-30(22-10-8-20-28)39(35,36)27-17-5-6-18-27/h1-6,13-18H,19-24H2. The summed E-state index contributed by atoms with van der Waals surface area (Å²) in [7, 11) is -11.8. The lowest BCUT2D eigenvalue weighted by Crippen LogP contribution is -2.36. The van der Waals surface area contributed by atoms with Gasteiger partial charge >= 0.3 is 0 Å². The van der Waals surface area contributed by atoms with Crippen molar-refractivity contribution in [1.82, 2.24) is 12.9 Å². The van der Waals surface area contributed by atoms with Crippen LogP contribution in [0, 0.1) is 128 Å². The Hall–Kier alpha value is -1.59. The minimum absolute atomic E-state index is 0.0678. The van der Waals surface area contributed by atoms with Crippen LogP contribution < -0.4 is 0 Å². The molecule has 201 valence electrons. The Kier molecular flexibility index (Phi) is 10.4. The third kappa shape index (κ3) is 7.38. The molecule has 3 fully saturated rings. The van der Waals surface area contributed by atoms with Crippen LogP contribution in [0.3, 0.4) is 0 Å². The first-order valence-electron chi connectivity index (χ1n) is 11.7. The molecule has 39 heavy (non-hydrogen) atoms. The van der Waals surface area contributed by atoms with E-state index in [9.17, 15) is 25.3 Å². The van der Waals surface area contributed by atoms with Crippen LogP contribution >= 0.6 is 0 Å². The second kappa shape index (κ2) is 13.4. The van der Waals surface area contributed by atoms with Crippen molar-refractivity contribution in [1.29, 1.82) is 0 Å². The van der Waals surface area contributed by atoms with Crippen molar-refractivity contribution in [2.45, 2.75) is 0 Å². The lowest BCUT2D eigenvalue weighted by atomic mass is 10.4. The molecule has 3 aliphatic carbocycles. The number of sulfonamides is 3. The first-order valence-corrected chi connectivity index (χ1v) is 16.0. The van der Waals surface area contributed by atoms with E-state index in [4.69, 9.17) is 0 Å². The Bertz CT molecular complexity index is 1170. The molecule has 0 aromatic carbocycles. The minimum Gasteiger partial charge on any atom is -0.211 e. The summed E-state index contributed by atoms with van der Waals surface area (Å²) in [4.78, 5) is 0. The molecule has 0 saturated heterocycles. The smallest absolute Gasteiger partial charge is 0.211 e. The molecule has 4 rings (SSSR count). The van der Waals surface area contributed by atoms with Crippen molar-refractivity contribution in [3.05, 3.63) is 92.8 Å². The van der Waals surface area contributed by atoms with Gasteiger partial charge in [0, 0.05) is 0 Å². The summed E-state index contributed by atoms with van der Waals surface area (Å²) < 4.78 is 82.1. The van der Waals surface area contributed by atoms with E-state index < -0.39 is 30.1 Å². The van der Waals surface area contributed by atoms with Crippen molar-refractivity contribution in [3.63, 3.8) is 0 Å². The Morgan fingerprint density at radius 2 is 0.564 bits per heavy atom. The van der Waals surface area contributed by atoms with Gasteiger partial charge in [-0.1, -0.05) is 35.5 Å². The van der Waals surface area contributed by atoms with E-state index in [-0.39, 0.29) is 55.0 Å². The molecule has 1 heterocycles. The quantitative estimate of drug-likeness (QED) is 0.408. The van der Waals surface area contributed by atoms with Gasteiger partial charge in [0.1, 0.15) is 15.7 Å². The zero-order valence-electron chi connectivity index (χ0n) is 20.7. The van der Waals surface area contributed by atoms with Gasteiger partial charge in [0.05, 0.1) is 39.3 Å². The topological polar surface area (TPSA) is 112 Å². The van der Waals surface area contributed by atoms with Crippen molar-refractivity contribution in [3.8, 4) is 35.5 Å². The van der Waals surface area contributed by atoms with E-state index in [2.05, 4.69) is 35.5 Å². The molecule has 0 unspecified atom stereocenters. The van der Waals surface area contributed by atoms with Crippen LogP contribution in [0.15, 0.2) is 0 Å². The summed E-state index contributed by atoms with van der Waals surface area (Å²) in [5, 5.41) is 0.203. The van der Waals surface area contributed by atoms with Crippen molar-refractivity contribution in [2.24, 2.45) is 0 Å². The number of nitrogens with zero attached hydrogens (tertiary/aromatic N) is 3. The number of hydrogen-bond donors (Lipinski definition) is 0. The largest absolute Gasteiger partial charge is 0.223 e. The molecule has 12 heteroatoms. The van der Waals surface area contributed by atoms with Gasteiger partial charge in [-0.25, -0.2) is 25.3 Å². The summed E-state index contributed by atoms with van der Waals surface area (Å²) in [6.45, 7) is -1.45. The molecule has 0 spiro atoms. The molecule has 15 radical (unpaired) electrons. The summed E-state index contributed by atoms with van der Waals surface area (Å²) in [5.41, 5.74) is 0. The highest BCUT2D eigenvalue weighted by Crippen LogP contribution is 2.32. The van der Waals surface area contributed by atoms with E-state index in [0.717, 1.165) is 12.9 Å². The summed E-state index contributed by atoms with van der Waals surface area (Å²) in [6, 6.07) is 0. The molecular weight excluding hydrogens is 559 g/mol. The van der Waals surface area contributed by atoms with E-state index in [0.29, 0.717) is 0 Å². The third-order valence-corrected chi connectivity index (χ3v) is 11.1. The van der Waals surface area contributed by atoms with E-state index in [1.165, 1.54) is 38.5 Å². The molecule has 4 aliphatic rings. The zero-order valence-corrected chi connectivity index (χ0v) is 23.1. The molecule has 0 atom stereocenters. The van der Waals surface area contributed by atoms with Gasteiger partial charge in [0.2, 0.25) is 30.1 Å². The van der Waals surface area contributed by atoms with E-state index in [1.807, 2.05) is 0 Å². The summed E-state index contributed by atoms with van der Waals surface area (Å²) >= 11 is 0. The molecule has 0 N–H and O–H groups in total. The average molecular weight is 583 g/mol. The van der Waals surface area contributed by atoms with Crippen LogP contribution in [-0.4, -0.2) is 77.4 Å². The SMILES string of the molecule is O=S(=O)([C]1[CH][CH][CH][CH]1)N1CC#CCN(S(=O)(=O)[C]2[CH][CH][CH][CH]2)CC#CCN(S(=O)(=O)[C]2[CH][CH][CH][CH]2)CC#CC1. The molecule has 9 nitrogen and oxygen atoms in total. The first kappa shape index (κ1) is 30.4. The van der Waals surface area contributed by atoms with Crippen molar-refractivity contribution < 1.29 is 25.3 Å². The molecule has 0 aromatic rings. The van der Waals surface area contributed by atoms with Crippen LogP contribution in [0.25, 0.3) is 0 Å². The van der Waals surface area contributed by atoms with E-state index >= 15 is 0 Å². The highest BCUT2D eigenvalue weighted by molar-refractivity contribution is 7.93. The molecule has 3 saturated carbocycles. The maximum atomic E-state index is 13.2. The fourth-order valence-electron chi connectivity index (χ4n) is 3.57. The monoisotopic (exact) mass is 582 g/mol. The van der Waals surface area contributed by atoms with Crippen LogP contribution in [0.2, 0.25) is 0 Å². The van der Waals surface area contributed by atoms with Gasteiger partial charge in [-0.05, 0) is 77.0 Å². The fraction of sp³-hybridized carbons (Fsp3) is 0.222. The Morgan fingerprint density at radius 1 is 0.385 bits per heavy atom. The zero-order chi connectivity index (χ0) is 27.9. The molecular formula is C27H24N3O6S3. The van der Waals surface area contributed by atoms with Gasteiger partial charge in [0.15, 0.2) is 0 Å². The molecule has 0 aromatic heterocycles. The fourth-order valence-corrected chi connectivity index (χ4v) is 7.38. The van der Waals surface area contributed by atoms with Crippen LogP contribution in [0.4, 0.5) is 0 Å². The average Bonchev–Trinajstić information content (AvgIpc) is 3.70. The van der Waals surface area contributed by atoms with Gasteiger partial charge in [-0.2, -0.15) is 12.9 Å². The maximum Gasteiger partial charge on any atom is 0.223 e. The Morgan fingerprint density at radius 3 is 0.744 bits per heavy atom. The highest BCUT2D eigenvalue weighted by atomic mass is 32.2. The molecule has 1 aliphatic heterocycles. The number of rotatable bonds is 6. The normalized spacial score (nSPS) is 24.6. The lowest BCUT2D eigenvalue weighted by molar-refractivity contribution is 0.480. The van der Waals surface area contributed by atoms with Gasteiger partial charge in [-0.3, -0.25) is 0 Å². The summed E-state index contributed by atoms with van der Waals surface area (Å²) in [6.07, 6.45) is 18.3. The predicted molar refractivity (Wildman–Crippen MR) is 146 cm³/mol.